The van der Waals surface area contributed by atoms with Crippen molar-refractivity contribution in [3.63, 3.8) is 0 Å². The average Bonchev–Trinajstić information content (AvgIpc) is 2.52. The first-order valence-corrected chi connectivity index (χ1v) is 6.45. The Morgan fingerprint density at radius 2 is 1.95 bits per heavy atom. The molecule has 0 aromatic heterocycles. The monoisotopic (exact) mass is 273 g/mol. The van der Waals surface area contributed by atoms with Crippen LogP contribution in [0.1, 0.15) is 31.2 Å². The van der Waals surface area contributed by atoms with Crippen molar-refractivity contribution in [1.29, 1.82) is 0 Å². The van der Waals surface area contributed by atoms with E-state index in [9.17, 15) is 9.59 Å². The number of hydrogen-bond acceptors (Lipinski definition) is 4. The highest BCUT2D eigenvalue weighted by Gasteiger charge is 2.36. The van der Waals surface area contributed by atoms with Gasteiger partial charge < -0.3 is 4.74 Å². The molecule has 2 rings (SSSR count). The lowest BCUT2D eigenvalue weighted by Crippen LogP contribution is -2.30. The quantitative estimate of drug-likeness (QED) is 0.483. The van der Waals surface area contributed by atoms with Gasteiger partial charge in [0.25, 0.3) is 0 Å². The Morgan fingerprint density at radius 3 is 2.50 bits per heavy atom. The van der Waals surface area contributed by atoms with Crippen LogP contribution in [0.5, 0.6) is 5.75 Å². The van der Waals surface area contributed by atoms with Crippen LogP contribution in [0.2, 0.25) is 0 Å². The van der Waals surface area contributed by atoms with Gasteiger partial charge >= 0.3 is 0 Å². The molecule has 0 atom stereocenters. The highest BCUT2D eigenvalue weighted by Crippen LogP contribution is 2.40. The minimum atomic E-state index is -0.607. The molecule has 0 bridgehead atoms. The Labute approximate surface area is 119 Å². The fraction of sp³-hybridized carbons (Fsp3) is 0.375. The van der Waals surface area contributed by atoms with Gasteiger partial charge in [0.2, 0.25) is 6.08 Å². The molecule has 1 aliphatic carbocycles. The summed E-state index contributed by atoms with van der Waals surface area (Å²) in [4.78, 5) is 26.0. The maximum absolute atomic E-state index is 11.3. The zero-order valence-corrected chi connectivity index (χ0v) is 11.7. The molecule has 0 unspecified atom stereocenters. The second-order valence-electron chi connectivity index (χ2n) is 4.51. The van der Waals surface area contributed by atoms with Crippen LogP contribution in [0.25, 0.3) is 0 Å². The number of ketones is 1. The van der Waals surface area contributed by atoms with E-state index in [1.807, 2.05) is 24.3 Å². The molecule has 4 nitrogen and oxygen atoms in total. The van der Waals surface area contributed by atoms with E-state index in [0.29, 0.717) is 25.7 Å². The smallest absolute Gasteiger partial charge is 0.235 e. The number of rotatable bonds is 3. The van der Waals surface area contributed by atoms with Crippen LogP contribution >= 0.6 is 0 Å². The summed E-state index contributed by atoms with van der Waals surface area (Å²) in [6.07, 6.45) is 3.70. The van der Waals surface area contributed by atoms with E-state index in [2.05, 4.69) is 18.2 Å². The standard InChI is InChI=1S/C14H15NO3.C2H4/c1-18-13-4-2-3-11(9-13)14(15-10-16)7-5-12(17)6-8-14;1-2/h2-4,9H,5-8H2,1H3;1-2H2. The summed E-state index contributed by atoms with van der Waals surface area (Å²) in [6, 6.07) is 7.50. The van der Waals surface area contributed by atoms with Gasteiger partial charge in [-0.25, -0.2) is 4.79 Å². The zero-order chi connectivity index (χ0) is 15.0. The molecule has 1 aliphatic rings. The second kappa shape index (κ2) is 7.41. The largest absolute Gasteiger partial charge is 0.497 e. The number of benzene rings is 1. The average molecular weight is 273 g/mol. The maximum atomic E-state index is 11.3. The van der Waals surface area contributed by atoms with Crippen molar-refractivity contribution in [2.24, 2.45) is 4.99 Å². The number of methoxy groups -OCH3 is 1. The van der Waals surface area contributed by atoms with Crippen LogP contribution < -0.4 is 4.74 Å². The van der Waals surface area contributed by atoms with E-state index in [0.717, 1.165) is 11.3 Å². The third-order valence-corrected chi connectivity index (χ3v) is 3.50. The van der Waals surface area contributed by atoms with Crippen LogP contribution in [0.4, 0.5) is 0 Å². The minimum Gasteiger partial charge on any atom is -0.497 e. The van der Waals surface area contributed by atoms with E-state index in [4.69, 9.17) is 4.74 Å². The van der Waals surface area contributed by atoms with Gasteiger partial charge in [-0.3, -0.25) is 4.79 Å². The summed E-state index contributed by atoms with van der Waals surface area (Å²) in [5, 5.41) is 0. The first kappa shape index (κ1) is 15.9. The first-order chi connectivity index (χ1) is 9.70. The van der Waals surface area contributed by atoms with Gasteiger partial charge in [-0.15, -0.1) is 13.2 Å². The summed E-state index contributed by atoms with van der Waals surface area (Å²) in [6.45, 7) is 6.00. The van der Waals surface area contributed by atoms with Crippen LogP contribution in [-0.4, -0.2) is 19.0 Å². The van der Waals surface area contributed by atoms with Gasteiger partial charge in [-0.1, -0.05) is 12.1 Å². The normalized spacial score (nSPS) is 16.4. The fourth-order valence-electron chi connectivity index (χ4n) is 2.41. The molecule has 4 heteroatoms. The summed E-state index contributed by atoms with van der Waals surface area (Å²) in [5.41, 5.74) is 0.308. The van der Waals surface area contributed by atoms with Crippen LogP contribution in [0.3, 0.4) is 0 Å². The molecule has 0 spiro atoms. The maximum Gasteiger partial charge on any atom is 0.235 e. The first-order valence-electron chi connectivity index (χ1n) is 6.45. The molecule has 0 heterocycles. The van der Waals surface area contributed by atoms with Crippen LogP contribution in [0.15, 0.2) is 42.4 Å². The van der Waals surface area contributed by atoms with E-state index >= 15 is 0 Å². The van der Waals surface area contributed by atoms with E-state index in [-0.39, 0.29) is 5.78 Å². The summed E-state index contributed by atoms with van der Waals surface area (Å²) in [5.74, 6) is 0.958. The lowest BCUT2D eigenvalue weighted by atomic mass is 9.76. The molecule has 1 aromatic rings. The SMILES string of the molecule is C=C.COc1cccc(C2(N=C=O)CCC(=O)CC2)c1. The third kappa shape index (κ3) is 3.43. The minimum absolute atomic E-state index is 0.231. The molecule has 1 aromatic carbocycles. The zero-order valence-electron chi connectivity index (χ0n) is 11.7. The predicted molar refractivity (Wildman–Crippen MR) is 77.5 cm³/mol. The van der Waals surface area contributed by atoms with Crippen molar-refractivity contribution in [3.05, 3.63) is 43.0 Å². The van der Waals surface area contributed by atoms with Crippen molar-refractivity contribution in [2.75, 3.05) is 7.11 Å². The highest BCUT2D eigenvalue weighted by atomic mass is 16.5. The second-order valence-corrected chi connectivity index (χ2v) is 4.51. The molecular formula is C16H19NO3. The number of isocyanates is 1. The summed E-state index contributed by atoms with van der Waals surface area (Å²) in [7, 11) is 1.60. The Bertz CT molecular complexity index is 508. The van der Waals surface area contributed by atoms with Crippen molar-refractivity contribution < 1.29 is 14.3 Å². The van der Waals surface area contributed by atoms with Gasteiger partial charge in [-0.05, 0) is 30.5 Å². The summed E-state index contributed by atoms with van der Waals surface area (Å²) >= 11 is 0. The highest BCUT2D eigenvalue weighted by molar-refractivity contribution is 5.79. The number of carbonyl (C=O) groups excluding carboxylic acids is 2. The lowest BCUT2D eigenvalue weighted by molar-refractivity contribution is -0.121. The number of carbonyl (C=O) groups is 1. The predicted octanol–water partition coefficient (Wildman–Crippen LogP) is 3.17. The van der Waals surface area contributed by atoms with Crippen molar-refractivity contribution in [3.8, 4) is 5.75 Å². The molecule has 0 aliphatic heterocycles. The van der Waals surface area contributed by atoms with Gasteiger partial charge in [0.1, 0.15) is 11.5 Å². The van der Waals surface area contributed by atoms with Gasteiger partial charge in [0, 0.05) is 12.8 Å². The topological polar surface area (TPSA) is 55.7 Å². The molecule has 1 saturated carbocycles. The van der Waals surface area contributed by atoms with Crippen molar-refractivity contribution in [2.45, 2.75) is 31.2 Å². The number of nitrogens with zero attached hydrogens (tertiary/aromatic N) is 1. The van der Waals surface area contributed by atoms with Crippen LogP contribution in [-0.2, 0) is 15.1 Å². The summed E-state index contributed by atoms with van der Waals surface area (Å²) < 4.78 is 5.18. The van der Waals surface area contributed by atoms with E-state index in [1.165, 1.54) is 0 Å². The Morgan fingerprint density at radius 1 is 1.30 bits per heavy atom. The van der Waals surface area contributed by atoms with Gasteiger partial charge in [0.05, 0.1) is 12.6 Å². The van der Waals surface area contributed by atoms with E-state index in [1.54, 1.807) is 13.2 Å². The van der Waals surface area contributed by atoms with Crippen molar-refractivity contribution in [1.82, 2.24) is 0 Å². The van der Waals surface area contributed by atoms with Crippen molar-refractivity contribution >= 4 is 11.9 Å². The number of hydrogen-bond donors (Lipinski definition) is 0. The lowest BCUT2D eigenvalue weighted by Gasteiger charge is -2.32. The Kier molecular flexibility index (Phi) is 5.88. The Hall–Kier alpha value is -2.19. The molecule has 1 fully saturated rings. The van der Waals surface area contributed by atoms with Gasteiger partial charge in [-0.2, -0.15) is 4.99 Å². The number of ether oxygens (including phenoxy) is 1. The molecule has 0 radical (unpaired) electrons. The number of Topliss-reactive ketones (excluding diaryl/α,β-unsaturated/α-hetero) is 1. The third-order valence-electron chi connectivity index (χ3n) is 3.50. The molecular weight excluding hydrogens is 254 g/mol. The molecule has 0 saturated heterocycles. The van der Waals surface area contributed by atoms with E-state index < -0.39 is 5.54 Å². The number of aliphatic imine (C=N–C) groups is 1. The van der Waals surface area contributed by atoms with Crippen LogP contribution in [0, 0.1) is 0 Å². The molecule has 0 N–H and O–H groups in total. The Balaban J connectivity index is 0.000000956. The van der Waals surface area contributed by atoms with Gasteiger partial charge in [0.15, 0.2) is 0 Å². The molecule has 106 valence electrons. The molecule has 0 amide bonds. The fourth-order valence-corrected chi connectivity index (χ4v) is 2.41. The molecule has 20 heavy (non-hydrogen) atoms.